The lowest BCUT2D eigenvalue weighted by Gasteiger charge is -2.19. The third-order valence-corrected chi connectivity index (χ3v) is 3.97. The van der Waals surface area contributed by atoms with Gasteiger partial charge in [0, 0.05) is 0 Å². The van der Waals surface area contributed by atoms with Gasteiger partial charge >= 0.3 is 6.03 Å². The summed E-state index contributed by atoms with van der Waals surface area (Å²) in [6.45, 7) is 7.88. The van der Waals surface area contributed by atoms with E-state index in [-0.39, 0.29) is 19.1 Å². The van der Waals surface area contributed by atoms with Crippen molar-refractivity contribution in [3.63, 3.8) is 0 Å². The highest BCUT2D eigenvalue weighted by atomic mass is 16.5. The van der Waals surface area contributed by atoms with Gasteiger partial charge in [-0.2, -0.15) is 0 Å². The fourth-order valence-electron chi connectivity index (χ4n) is 2.79. The van der Waals surface area contributed by atoms with E-state index < -0.39 is 18.2 Å². The summed E-state index contributed by atoms with van der Waals surface area (Å²) in [6, 6.07) is 4.84. The number of nitrogens with zero attached hydrogens (tertiary/aromatic N) is 1. The van der Waals surface area contributed by atoms with Crippen molar-refractivity contribution >= 4 is 11.9 Å². The second kappa shape index (κ2) is 7.66. The lowest BCUT2D eigenvalue weighted by Crippen LogP contribution is -2.40. The Kier molecular flexibility index (Phi) is 5.83. The molecule has 0 spiro atoms. The molecule has 3 amide bonds. The molecule has 1 heterocycles. The van der Waals surface area contributed by atoms with Crippen LogP contribution in [0, 0.1) is 19.8 Å². The molecule has 24 heavy (non-hydrogen) atoms. The number of carbonyl (C=O) groups excluding carboxylic acids is 2. The Morgan fingerprint density at radius 1 is 1.29 bits per heavy atom. The van der Waals surface area contributed by atoms with Crippen LogP contribution in [-0.2, 0) is 4.79 Å². The molecule has 6 nitrogen and oxygen atoms in total. The van der Waals surface area contributed by atoms with Crippen molar-refractivity contribution in [2.45, 2.75) is 46.3 Å². The van der Waals surface area contributed by atoms with Crippen molar-refractivity contribution in [3.05, 3.63) is 29.3 Å². The number of urea groups is 1. The van der Waals surface area contributed by atoms with Crippen LogP contribution in [-0.4, -0.2) is 47.2 Å². The first-order chi connectivity index (χ1) is 11.3. The summed E-state index contributed by atoms with van der Waals surface area (Å²) in [6.07, 6.45) is -0.339. The van der Waals surface area contributed by atoms with Crippen LogP contribution in [0.5, 0.6) is 5.75 Å². The highest BCUT2D eigenvalue weighted by molar-refractivity contribution is 6.04. The number of hydrogen-bond acceptors (Lipinski definition) is 4. The van der Waals surface area contributed by atoms with Crippen LogP contribution in [0.25, 0.3) is 0 Å². The molecule has 132 valence electrons. The van der Waals surface area contributed by atoms with E-state index in [1.807, 2.05) is 45.9 Å². The number of aliphatic hydroxyl groups excluding tert-OH is 1. The average Bonchev–Trinajstić information content (AvgIpc) is 2.73. The molecule has 0 bridgehead atoms. The number of ether oxygens (including phenoxy) is 1. The van der Waals surface area contributed by atoms with Gasteiger partial charge in [0.1, 0.15) is 24.5 Å². The minimum absolute atomic E-state index is 0.0236. The highest BCUT2D eigenvalue weighted by Crippen LogP contribution is 2.19. The maximum Gasteiger partial charge on any atom is 0.324 e. The van der Waals surface area contributed by atoms with Gasteiger partial charge in [-0.3, -0.25) is 9.69 Å². The Morgan fingerprint density at radius 3 is 2.62 bits per heavy atom. The van der Waals surface area contributed by atoms with Crippen molar-refractivity contribution in [3.8, 4) is 5.75 Å². The fraction of sp³-hybridized carbons (Fsp3) is 0.556. The Labute approximate surface area is 142 Å². The van der Waals surface area contributed by atoms with Gasteiger partial charge in [-0.1, -0.05) is 31.5 Å². The van der Waals surface area contributed by atoms with Crippen LogP contribution in [0.1, 0.15) is 31.4 Å². The van der Waals surface area contributed by atoms with Crippen molar-refractivity contribution in [1.82, 2.24) is 10.2 Å². The number of aryl methyl sites for hydroxylation is 2. The molecule has 0 unspecified atom stereocenters. The number of carbonyl (C=O) groups is 2. The zero-order valence-corrected chi connectivity index (χ0v) is 14.7. The van der Waals surface area contributed by atoms with Gasteiger partial charge in [-0.05, 0) is 37.8 Å². The number of aliphatic hydroxyl groups is 1. The second-order valence-electron chi connectivity index (χ2n) is 6.81. The molecule has 0 aliphatic carbocycles. The van der Waals surface area contributed by atoms with Gasteiger partial charge in [-0.25, -0.2) is 4.79 Å². The van der Waals surface area contributed by atoms with Gasteiger partial charge in [0.25, 0.3) is 5.91 Å². The van der Waals surface area contributed by atoms with E-state index in [9.17, 15) is 14.7 Å². The first-order valence-corrected chi connectivity index (χ1v) is 8.28. The lowest BCUT2D eigenvalue weighted by molar-refractivity contribution is -0.128. The number of rotatable bonds is 7. The summed E-state index contributed by atoms with van der Waals surface area (Å²) in [5.41, 5.74) is 2.12. The topological polar surface area (TPSA) is 78.9 Å². The number of hydrogen-bond donors (Lipinski definition) is 2. The van der Waals surface area contributed by atoms with E-state index in [0.717, 1.165) is 16.0 Å². The van der Waals surface area contributed by atoms with Crippen LogP contribution in [0.4, 0.5) is 4.79 Å². The summed E-state index contributed by atoms with van der Waals surface area (Å²) < 4.78 is 5.61. The fourth-order valence-corrected chi connectivity index (χ4v) is 2.79. The molecule has 1 aliphatic heterocycles. The Balaban J connectivity index is 1.88. The lowest BCUT2D eigenvalue weighted by atomic mass is 10.0. The maximum atomic E-state index is 12.2. The quantitative estimate of drug-likeness (QED) is 0.748. The Morgan fingerprint density at radius 2 is 2.00 bits per heavy atom. The first-order valence-electron chi connectivity index (χ1n) is 8.28. The van der Waals surface area contributed by atoms with Crippen molar-refractivity contribution in [2.75, 3.05) is 13.2 Å². The van der Waals surface area contributed by atoms with E-state index in [1.54, 1.807) is 0 Å². The Hall–Kier alpha value is -2.08. The monoisotopic (exact) mass is 334 g/mol. The summed E-state index contributed by atoms with van der Waals surface area (Å²) in [4.78, 5) is 25.2. The normalized spacial score (nSPS) is 18.9. The molecular formula is C18H26N2O4. The molecule has 0 saturated carbocycles. The largest absolute Gasteiger partial charge is 0.491 e. The van der Waals surface area contributed by atoms with Crippen LogP contribution >= 0.6 is 0 Å². The second-order valence-corrected chi connectivity index (χ2v) is 6.81. The minimum Gasteiger partial charge on any atom is -0.491 e. The maximum absolute atomic E-state index is 12.2. The molecule has 1 aromatic rings. The number of amides is 3. The molecule has 6 heteroatoms. The smallest absolute Gasteiger partial charge is 0.324 e. The predicted molar refractivity (Wildman–Crippen MR) is 90.9 cm³/mol. The predicted octanol–water partition coefficient (Wildman–Crippen LogP) is 2.01. The highest BCUT2D eigenvalue weighted by Gasteiger charge is 2.38. The van der Waals surface area contributed by atoms with Crippen LogP contribution in [0.2, 0.25) is 0 Å². The van der Waals surface area contributed by atoms with E-state index in [0.29, 0.717) is 18.1 Å². The summed E-state index contributed by atoms with van der Waals surface area (Å²) in [5, 5.41) is 12.8. The van der Waals surface area contributed by atoms with Gasteiger partial charge in [0.15, 0.2) is 0 Å². The van der Waals surface area contributed by atoms with Crippen LogP contribution < -0.4 is 10.1 Å². The summed E-state index contributed by atoms with van der Waals surface area (Å²) in [7, 11) is 0. The molecule has 2 rings (SSSR count). The third kappa shape index (κ3) is 4.47. The van der Waals surface area contributed by atoms with Gasteiger partial charge in [0.05, 0.1) is 6.54 Å². The van der Waals surface area contributed by atoms with Crippen molar-refractivity contribution in [1.29, 1.82) is 0 Å². The molecule has 2 atom stereocenters. The van der Waals surface area contributed by atoms with E-state index in [4.69, 9.17) is 4.74 Å². The van der Waals surface area contributed by atoms with Gasteiger partial charge in [-0.15, -0.1) is 0 Å². The van der Waals surface area contributed by atoms with Gasteiger partial charge in [0.2, 0.25) is 0 Å². The average molecular weight is 334 g/mol. The number of benzene rings is 1. The third-order valence-electron chi connectivity index (χ3n) is 3.97. The summed E-state index contributed by atoms with van der Waals surface area (Å²) in [5.74, 6) is 0.714. The minimum atomic E-state index is -0.932. The summed E-state index contributed by atoms with van der Waals surface area (Å²) >= 11 is 0. The van der Waals surface area contributed by atoms with Gasteiger partial charge < -0.3 is 15.2 Å². The molecule has 1 fully saturated rings. The zero-order chi connectivity index (χ0) is 17.9. The Bertz CT molecular complexity index is 615. The molecule has 1 aromatic carbocycles. The number of imide groups is 1. The van der Waals surface area contributed by atoms with E-state index in [1.165, 1.54) is 0 Å². The van der Waals surface area contributed by atoms with E-state index in [2.05, 4.69) is 5.32 Å². The van der Waals surface area contributed by atoms with E-state index >= 15 is 0 Å². The van der Waals surface area contributed by atoms with Crippen molar-refractivity contribution in [2.24, 2.45) is 5.92 Å². The molecule has 1 saturated heterocycles. The van der Waals surface area contributed by atoms with Crippen LogP contribution in [0.15, 0.2) is 18.2 Å². The van der Waals surface area contributed by atoms with Crippen molar-refractivity contribution < 1.29 is 19.4 Å². The van der Waals surface area contributed by atoms with Crippen LogP contribution in [0.3, 0.4) is 0 Å². The molecule has 1 aliphatic rings. The standard InChI is InChI=1S/C18H26N2O4/c1-11(2)7-15-17(22)20(18(23)19-15)9-14(21)10-24-16-6-5-12(3)8-13(16)4/h5-6,8,11,14-15,21H,7,9-10H2,1-4H3,(H,19,23)/t14-,15+/m0/s1. The first kappa shape index (κ1) is 18.3. The number of nitrogens with one attached hydrogen (secondary N) is 1. The number of β-amino-alcohol motifs (C(OH)–C–C–N with tert-alkyl or cyclic N) is 1. The molecule has 0 aromatic heterocycles. The molecule has 2 N–H and O–H groups in total. The zero-order valence-electron chi connectivity index (χ0n) is 14.7. The molecular weight excluding hydrogens is 308 g/mol. The SMILES string of the molecule is Cc1ccc(OC[C@@H](O)CN2C(=O)N[C@H](CC(C)C)C2=O)c(C)c1. The molecule has 0 radical (unpaired) electrons.